The molecule has 0 radical (unpaired) electrons. The molecule has 1 saturated heterocycles. The topological polar surface area (TPSA) is 76.5 Å². The number of piperidine rings is 1. The number of rotatable bonds is 5. The number of ether oxygens (including phenoxy) is 1. The van der Waals surface area contributed by atoms with E-state index in [1.165, 1.54) is 19.3 Å². The first-order valence-corrected chi connectivity index (χ1v) is 10.9. The van der Waals surface area contributed by atoms with Crippen LogP contribution in [0.4, 0.5) is 5.82 Å². The maximum Gasteiger partial charge on any atom is 0.256 e. The summed E-state index contributed by atoms with van der Waals surface area (Å²) in [6, 6.07) is 9.03. The SMILES string of the molecule is COc1ccc(C(=O)Nc2ccnn2C2CCN(C(=O)[C@@H]3CC34CCC4)CC2)cc1. The van der Waals surface area contributed by atoms with Crippen LogP contribution in [0.15, 0.2) is 36.5 Å². The van der Waals surface area contributed by atoms with Crippen molar-refractivity contribution in [3.8, 4) is 5.75 Å². The predicted molar refractivity (Wildman–Crippen MR) is 112 cm³/mol. The van der Waals surface area contributed by atoms with E-state index in [0.29, 0.717) is 28.5 Å². The van der Waals surface area contributed by atoms with Crippen LogP contribution in [0.3, 0.4) is 0 Å². The second-order valence-corrected chi connectivity index (χ2v) is 8.87. The van der Waals surface area contributed by atoms with Gasteiger partial charge >= 0.3 is 0 Å². The summed E-state index contributed by atoms with van der Waals surface area (Å²) in [6.07, 6.45) is 8.31. The number of hydrogen-bond acceptors (Lipinski definition) is 4. The summed E-state index contributed by atoms with van der Waals surface area (Å²) in [5.74, 6) is 1.88. The van der Waals surface area contributed by atoms with Gasteiger partial charge in [0, 0.05) is 30.6 Å². The molecule has 7 heteroatoms. The molecule has 2 aliphatic carbocycles. The summed E-state index contributed by atoms with van der Waals surface area (Å²) in [7, 11) is 1.60. The predicted octanol–water partition coefficient (Wildman–Crippen LogP) is 3.50. The van der Waals surface area contributed by atoms with E-state index >= 15 is 0 Å². The molecule has 5 rings (SSSR count). The Balaban J connectivity index is 1.19. The number of likely N-dealkylation sites (tertiary alicyclic amines) is 1. The Bertz CT molecular complexity index is 940. The number of aromatic nitrogens is 2. The van der Waals surface area contributed by atoms with Gasteiger partial charge < -0.3 is 15.0 Å². The quantitative estimate of drug-likeness (QED) is 0.822. The Kier molecular flexibility index (Phi) is 4.76. The van der Waals surface area contributed by atoms with Crippen molar-refractivity contribution in [2.45, 2.75) is 44.6 Å². The highest BCUT2D eigenvalue weighted by atomic mass is 16.5. The molecule has 1 aromatic heterocycles. The zero-order valence-electron chi connectivity index (χ0n) is 17.3. The Labute approximate surface area is 176 Å². The minimum Gasteiger partial charge on any atom is -0.497 e. The summed E-state index contributed by atoms with van der Waals surface area (Å²) < 4.78 is 7.04. The second kappa shape index (κ2) is 7.45. The Hall–Kier alpha value is -2.83. The minimum atomic E-state index is -0.174. The van der Waals surface area contributed by atoms with E-state index in [1.807, 2.05) is 15.6 Å². The molecule has 3 fully saturated rings. The lowest BCUT2D eigenvalue weighted by atomic mass is 9.79. The fourth-order valence-electron chi connectivity index (χ4n) is 5.07. The maximum absolute atomic E-state index is 12.8. The van der Waals surface area contributed by atoms with Crippen molar-refractivity contribution in [2.24, 2.45) is 11.3 Å². The van der Waals surface area contributed by atoms with E-state index in [2.05, 4.69) is 10.4 Å². The number of carbonyl (C=O) groups excluding carboxylic acids is 2. The van der Waals surface area contributed by atoms with Crippen molar-refractivity contribution in [3.63, 3.8) is 0 Å². The first-order valence-electron chi connectivity index (χ1n) is 10.9. The Morgan fingerprint density at radius 1 is 1.13 bits per heavy atom. The van der Waals surface area contributed by atoms with Crippen LogP contribution < -0.4 is 10.1 Å². The van der Waals surface area contributed by atoms with Crippen LogP contribution in [0.5, 0.6) is 5.75 Å². The van der Waals surface area contributed by atoms with E-state index in [0.717, 1.165) is 32.4 Å². The number of nitrogens with zero attached hydrogens (tertiary/aromatic N) is 3. The zero-order valence-corrected chi connectivity index (χ0v) is 17.3. The lowest BCUT2D eigenvalue weighted by Gasteiger charge is -2.34. The molecule has 1 spiro atoms. The molecule has 158 valence electrons. The molecule has 2 heterocycles. The number of nitrogens with one attached hydrogen (secondary N) is 1. The average molecular weight is 409 g/mol. The zero-order chi connectivity index (χ0) is 20.7. The lowest BCUT2D eigenvalue weighted by Crippen LogP contribution is -2.41. The monoisotopic (exact) mass is 408 g/mol. The Morgan fingerprint density at radius 3 is 2.47 bits per heavy atom. The first kappa shape index (κ1) is 19.2. The Morgan fingerprint density at radius 2 is 1.87 bits per heavy atom. The van der Waals surface area contributed by atoms with Crippen molar-refractivity contribution in [3.05, 3.63) is 42.1 Å². The maximum atomic E-state index is 12.8. The van der Waals surface area contributed by atoms with E-state index in [1.54, 1.807) is 37.6 Å². The number of methoxy groups -OCH3 is 1. The highest BCUT2D eigenvalue weighted by molar-refractivity contribution is 6.03. The van der Waals surface area contributed by atoms with E-state index in [9.17, 15) is 9.59 Å². The summed E-state index contributed by atoms with van der Waals surface area (Å²) in [5, 5.41) is 7.43. The summed E-state index contributed by atoms with van der Waals surface area (Å²) in [6.45, 7) is 1.53. The fraction of sp³-hybridized carbons (Fsp3) is 0.522. The number of benzene rings is 1. The van der Waals surface area contributed by atoms with Gasteiger partial charge in [0.05, 0.1) is 19.3 Å². The van der Waals surface area contributed by atoms with Gasteiger partial charge in [0.1, 0.15) is 11.6 Å². The van der Waals surface area contributed by atoms with E-state index in [-0.39, 0.29) is 17.9 Å². The van der Waals surface area contributed by atoms with Crippen LogP contribution in [0, 0.1) is 11.3 Å². The van der Waals surface area contributed by atoms with Gasteiger partial charge in [-0.1, -0.05) is 6.42 Å². The molecule has 2 amide bonds. The lowest BCUT2D eigenvalue weighted by molar-refractivity contribution is -0.135. The van der Waals surface area contributed by atoms with Gasteiger partial charge in [0.25, 0.3) is 5.91 Å². The third-order valence-electron chi connectivity index (χ3n) is 7.22. The van der Waals surface area contributed by atoms with E-state index < -0.39 is 0 Å². The molecular formula is C23H28N4O3. The van der Waals surface area contributed by atoms with Gasteiger partial charge in [0.15, 0.2) is 0 Å². The van der Waals surface area contributed by atoms with Gasteiger partial charge in [-0.2, -0.15) is 5.10 Å². The fourth-order valence-corrected chi connectivity index (χ4v) is 5.07. The molecule has 0 bridgehead atoms. The smallest absolute Gasteiger partial charge is 0.256 e. The molecular weight excluding hydrogens is 380 g/mol. The molecule has 1 N–H and O–H groups in total. The summed E-state index contributed by atoms with van der Waals surface area (Å²) in [5.41, 5.74) is 0.952. The molecule has 1 atom stereocenters. The van der Waals surface area contributed by atoms with Crippen LogP contribution in [0.2, 0.25) is 0 Å². The largest absolute Gasteiger partial charge is 0.497 e. The summed E-state index contributed by atoms with van der Waals surface area (Å²) >= 11 is 0. The van der Waals surface area contributed by atoms with Crippen molar-refractivity contribution in [2.75, 3.05) is 25.5 Å². The molecule has 3 aliphatic rings. The van der Waals surface area contributed by atoms with Crippen LogP contribution in [0.25, 0.3) is 0 Å². The highest BCUT2D eigenvalue weighted by Gasteiger charge is 2.61. The van der Waals surface area contributed by atoms with Crippen molar-refractivity contribution >= 4 is 17.6 Å². The van der Waals surface area contributed by atoms with Crippen molar-refractivity contribution in [1.82, 2.24) is 14.7 Å². The normalized spacial score (nSPS) is 22.4. The van der Waals surface area contributed by atoms with Crippen molar-refractivity contribution < 1.29 is 14.3 Å². The molecule has 2 saturated carbocycles. The van der Waals surface area contributed by atoms with E-state index in [4.69, 9.17) is 4.74 Å². The van der Waals surface area contributed by atoms with Crippen LogP contribution in [-0.2, 0) is 4.79 Å². The highest BCUT2D eigenvalue weighted by Crippen LogP contribution is 2.66. The molecule has 0 unspecified atom stereocenters. The molecule has 2 aromatic rings. The van der Waals surface area contributed by atoms with Crippen LogP contribution >= 0.6 is 0 Å². The van der Waals surface area contributed by atoms with Crippen LogP contribution in [0.1, 0.15) is 54.9 Å². The van der Waals surface area contributed by atoms with Gasteiger partial charge in [0.2, 0.25) is 5.91 Å². The third-order valence-corrected chi connectivity index (χ3v) is 7.22. The standard InChI is InChI=1S/C23H28N4O3/c1-30-18-5-3-16(4-6-18)21(28)25-20-7-12-24-27(20)17-8-13-26(14-9-17)22(29)19-15-23(19)10-2-11-23/h3-7,12,17,19H,2,8-11,13-15H2,1H3,(H,25,28)/t19-/m0/s1. The molecule has 7 nitrogen and oxygen atoms in total. The number of anilines is 1. The van der Waals surface area contributed by atoms with Gasteiger partial charge in [-0.3, -0.25) is 9.59 Å². The molecule has 30 heavy (non-hydrogen) atoms. The summed E-state index contributed by atoms with van der Waals surface area (Å²) in [4.78, 5) is 27.5. The van der Waals surface area contributed by atoms with Gasteiger partial charge in [-0.25, -0.2) is 4.68 Å². The number of hydrogen-bond donors (Lipinski definition) is 1. The van der Waals surface area contributed by atoms with Crippen LogP contribution in [-0.4, -0.2) is 46.7 Å². The number of amides is 2. The van der Waals surface area contributed by atoms with Crippen molar-refractivity contribution in [1.29, 1.82) is 0 Å². The van der Waals surface area contributed by atoms with Gasteiger partial charge in [-0.05, 0) is 61.8 Å². The van der Waals surface area contributed by atoms with Gasteiger partial charge in [-0.15, -0.1) is 0 Å². The minimum absolute atomic E-state index is 0.174. The number of carbonyl (C=O) groups is 2. The second-order valence-electron chi connectivity index (χ2n) is 8.87. The molecule has 1 aliphatic heterocycles. The average Bonchev–Trinajstić information content (AvgIpc) is 3.39. The molecule has 1 aromatic carbocycles. The third kappa shape index (κ3) is 3.36. The first-order chi connectivity index (χ1) is 14.6.